The van der Waals surface area contributed by atoms with Gasteiger partial charge in [0.05, 0.1) is 11.3 Å². The van der Waals surface area contributed by atoms with Gasteiger partial charge in [0, 0.05) is 5.69 Å². The van der Waals surface area contributed by atoms with Gasteiger partial charge >= 0.3 is 5.97 Å². The van der Waals surface area contributed by atoms with Crippen LogP contribution in [0.2, 0.25) is 0 Å². The minimum absolute atomic E-state index is 0.00459. The number of nitrogens with one attached hydrogen (secondary N) is 2. The molecule has 1 unspecified atom stereocenters. The Morgan fingerprint density at radius 1 is 1.00 bits per heavy atom. The van der Waals surface area contributed by atoms with Crippen molar-refractivity contribution in [1.82, 2.24) is 0 Å². The third-order valence-electron chi connectivity index (χ3n) is 3.68. The molecule has 24 heavy (non-hydrogen) atoms. The number of hydrogen-bond donors (Lipinski definition) is 3. The van der Waals surface area contributed by atoms with Crippen LogP contribution in [0, 0.1) is 0 Å². The molecule has 0 radical (unpaired) electrons. The van der Waals surface area contributed by atoms with Gasteiger partial charge in [-0.15, -0.1) is 0 Å². The Kier molecular flexibility index (Phi) is 3.83. The average Bonchev–Trinajstić information content (AvgIpc) is 2.90. The molecule has 0 aliphatic carbocycles. The first-order valence-electron chi connectivity index (χ1n) is 7.06. The molecular formula is C17H12N2O5. The van der Waals surface area contributed by atoms with Crippen LogP contribution in [0.5, 0.6) is 0 Å². The highest BCUT2D eigenvalue weighted by molar-refractivity contribution is 6.47. The Hall–Kier alpha value is -3.48. The van der Waals surface area contributed by atoms with Crippen LogP contribution in [0.25, 0.3) is 0 Å². The van der Waals surface area contributed by atoms with Crippen molar-refractivity contribution in [3.8, 4) is 0 Å². The molecule has 1 aliphatic rings. The van der Waals surface area contributed by atoms with Crippen LogP contribution < -0.4 is 10.6 Å². The summed E-state index contributed by atoms with van der Waals surface area (Å²) < 4.78 is 0. The Morgan fingerprint density at radius 2 is 1.67 bits per heavy atom. The second-order valence-electron chi connectivity index (χ2n) is 5.18. The number of para-hydroxylation sites is 2. The van der Waals surface area contributed by atoms with Crippen molar-refractivity contribution >= 4 is 34.9 Å². The predicted molar refractivity (Wildman–Crippen MR) is 84.9 cm³/mol. The summed E-state index contributed by atoms with van der Waals surface area (Å²) in [6.07, 6.45) is 0. The Bertz CT molecular complexity index is 875. The minimum Gasteiger partial charge on any atom is -0.478 e. The van der Waals surface area contributed by atoms with Crippen LogP contribution in [0.3, 0.4) is 0 Å². The van der Waals surface area contributed by atoms with Gasteiger partial charge in [-0.1, -0.05) is 30.3 Å². The van der Waals surface area contributed by atoms with Gasteiger partial charge in [0.1, 0.15) is 5.92 Å². The summed E-state index contributed by atoms with van der Waals surface area (Å²) in [5, 5.41) is 13.9. The first kappa shape index (κ1) is 15.4. The third kappa shape index (κ3) is 2.63. The number of ketones is 1. The lowest BCUT2D eigenvalue weighted by Crippen LogP contribution is -2.32. The lowest BCUT2D eigenvalue weighted by molar-refractivity contribution is -0.138. The lowest BCUT2D eigenvalue weighted by Gasteiger charge is -2.10. The van der Waals surface area contributed by atoms with Gasteiger partial charge in [0.25, 0.3) is 5.91 Å². The maximum atomic E-state index is 12.4. The fraction of sp³-hybridized carbons (Fsp3) is 0.0588. The maximum Gasteiger partial charge on any atom is 0.337 e. The van der Waals surface area contributed by atoms with Crippen molar-refractivity contribution in [3.05, 3.63) is 59.7 Å². The monoisotopic (exact) mass is 324 g/mol. The molecular weight excluding hydrogens is 312 g/mol. The highest BCUT2D eigenvalue weighted by Gasteiger charge is 2.39. The molecule has 0 fully saturated rings. The summed E-state index contributed by atoms with van der Waals surface area (Å²) in [4.78, 5) is 47.7. The quantitative estimate of drug-likeness (QED) is 0.584. The van der Waals surface area contributed by atoms with Crippen LogP contribution in [0.15, 0.2) is 48.5 Å². The summed E-state index contributed by atoms with van der Waals surface area (Å²) in [7, 11) is 0. The molecule has 0 spiro atoms. The average molecular weight is 324 g/mol. The van der Waals surface area contributed by atoms with E-state index in [2.05, 4.69) is 10.6 Å². The number of rotatable bonds is 4. The molecule has 2 aromatic rings. The number of carbonyl (C=O) groups excluding carboxylic acids is 3. The third-order valence-corrected chi connectivity index (χ3v) is 3.68. The highest BCUT2D eigenvalue weighted by atomic mass is 16.4. The van der Waals surface area contributed by atoms with Gasteiger partial charge in [-0.3, -0.25) is 14.4 Å². The van der Waals surface area contributed by atoms with E-state index in [4.69, 9.17) is 5.11 Å². The van der Waals surface area contributed by atoms with Crippen molar-refractivity contribution in [2.45, 2.75) is 5.92 Å². The first-order valence-corrected chi connectivity index (χ1v) is 7.06. The fourth-order valence-electron chi connectivity index (χ4n) is 2.56. The van der Waals surface area contributed by atoms with Gasteiger partial charge in [-0.25, -0.2) is 4.79 Å². The zero-order chi connectivity index (χ0) is 17.3. The van der Waals surface area contributed by atoms with E-state index in [0.29, 0.717) is 11.3 Å². The number of carboxylic acids is 1. The number of carboxylic acid groups (broad SMARTS) is 1. The number of carbonyl (C=O) groups is 4. The molecule has 0 aromatic heterocycles. The molecule has 0 bridgehead atoms. The topological polar surface area (TPSA) is 113 Å². The standard InChI is InChI=1S/C17H12N2O5/c20-14(13-9-5-1-3-7-11(9)18-15(13)21)16(22)19-12-8-4-2-6-10(12)17(23)24/h1-8,13H,(H,18,21)(H,19,22)(H,23,24). The molecule has 1 heterocycles. The predicted octanol–water partition coefficient (Wildman–Crippen LogP) is 1.63. The van der Waals surface area contributed by atoms with Crippen LogP contribution in [0.1, 0.15) is 21.8 Å². The molecule has 7 heteroatoms. The number of amides is 2. The molecule has 1 aliphatic heterocycles. The molecule has 2 aromatic carbocycles. The van der Waals surface area contributed by atoms with Crippen molar-refractivity contribution in [2.75, 3.05) is 10.6 Å². The van der Waals surface area contributed by atoms with E-state index < -0.39 is 29.5 Å². The SMILES string of the molecule is O=C(Nc1ccccc1C(=O)O)C(=O)C1C(=O)Nc2ccccc21. The van der Waals surface area contributed by atoms with Crippen LogP contribution >= 0.6 is 0 Å². The minimum atomic E-state index is -1.24. The maximum absolute atomic E-state index is 12.4. The lowest BCUT2D eigenvalue weighted by atomic mass is 9.95. The zero-order valence-electron chi connectivity index (χ0n) is 12.3. The van der Waals surface area contributed by atoms with E-state index in [9.17, 15) is 19.2 Å². The number of benzene rings is 2. The van der Waals surface area contributed by atoms with Crippen LogP contribution in [-0.2, 0) is 14.4 Å². The Labute approximate surface area is 136 Å². The summed E-state index contributed by atoms with van der Waals surface area (Å²) in [5.74, 6) is -5.04. The van der Waals surface area contributed by atoms with Crippen molar-refractivity contribution in [3.63, 3.8) is 0 Å². The van der Waals surface area contributed by atoms with Gasteiger partial charge in [-0.2, -0.15) is 0 Å². The summed E-state index contributed by atoms with van der Waals surface area (Å²) in [6.45, 7) is 0. The number of fused-ring (bicyclic) bond motifs is 1. The summed E-state index contributed by atoms with van der Waals surface area (Å²) in [5.41, 5.74) is 0.763. The van der Waals surface area contributed by atoms with Gasteiger partial charge in [0.15, 0.2) is 0 Å². The molecule has 120 valence electrons. The molecule has 0 saturated heterocycles. The van der Waals surface area contributed by atoms with Gasteiger partial charge in [-0.05, 0) is 23.8 Å². The number of aromatic carboxylic acids is 1. The smallest absolute Gasteiger partial charge is 0.337 e. The summed E-state index contributed by atoms with van der Waals surface area (Å²) in [6, 6.07) is 12.3. The van der Waals surface area contributed by atoms with E-state index in [1.807, 2.05) is 0 Å². The largest absolute Gasteiger partial charge is 0.478 e. The van der Waals surface area contributed by atoms with E-state index in [-0.39, 0.29) is 11.3 Å². The van der Waals surface area contributed by atoms with Crippen LogP contribution in [-0.4, -0.2) is 28.7 Å². The van der Waals surface area contributed by atoms with E-state index in [1.54, 1.807) is 24.3 Å². The van der Waals surface area contributed by atoms with Crippen molar-refractivity contribution < 1.29 is 24.3 Å². The molecule has 2 amide bonds. The molecule has 7 nitrogen and oxygen atoms in total. The van der Waals surface area contributed by atoms with E-state index in [1.165, 1.54) is 24.3 Å². The first-order chi connectivity index (χ1) is 11.5. The van der Waals surface area contributed by atoms with E-state index in [0.717, 1.165) is 0 Å². The molecule has 3 rings (SSSR count). The molecule has 1 atom stereocenters. The number of anilines is 2. The van der Waals surface area contributed by atoms with E-state index >= 15 is 0 Å². The van der Waals surface area contributed by atoms with Crippen LogP contribution in [0.4, 0.5) is 11.4 Å². The van der Waals surface area contributed by atoms with Crippen molar-refractivity contribution in [1.29, 1.82) is 0 Å². The number of hydrogen-bond acceptors (Lipinski definition) is 4. The second kappa shape index (κ2) is 5.96. The zero-order valence-corrected chi connectivity index (χ0v) is 12.3. The molecule has 3 N–H and O–H groups in total. The second-order valence-corrected chi connectivity index (χ2v) is 5.18. The fourth-order valence-corrected chi connectivity index (χ4v) is 2.56. The van der Waals surface area contributed by atoms with Crippen molar-refractivity contribution in [2.24, 2.45) is 0 Å². The Morgan fingerprint density at radius 3 is 2.42 bits per heavy atom. The highest BCUT2D eigenvalue weighted by Crippen LogP contribution is 2.33. The van der Waals surface area contributed by atoms with Gasteiger partial charge < -0.3 is 15.7 Å². The number of Topliss-reactive ketones (excluding diaryl/α,β-unsaturated/α-hetero) is 1. The Balaban J connectivity index is 1.85. The normalized spacial score (nSPS) is 15.3. The van der Waals surface area contributed by atoms with Gasteiger partial charge in [0.2, 0.25) is 11.7 Å². The molecule has 0 saturated carbocycles. The summed E-state index contributed by atoms with van der Waals surface area (Å²) >= 11 is 0.